The minimum Gasteiger partial charge on any atom is -0.319 e. The average Bonchev–Trinajstić information content (AvgIpc) is 3.19. The number of nitrogens with one attached hydrogen (secondary N) is 1. The molecule has 1 heterocycles. The number of benzene rings is 3. The summed E-state index contributed by atoms with van der Waals surface area (Å²) >= 11 is 6.33. The number of aromatic nitrogens is 3. The molecular formula is C24H21ClN4O. The molecule has 6 heteroatoms. The lowest BCUT2D eigenvalue weighted by atomic mass is 10.1. The van der Waals surface area contributed by atoms with Crippen LogP contribution in [0.1, 0.15) is 27.3 Å². The molecule has 0 bridgehead atoms. The van der Waals surface area contributed by atoms with Gasteiger partial charge in [0.15, 0.2) is 5.82 Å². The summed E-state index contributed by atoms with van der Waals surface area (Å²) in [4.78, 5) is 17.6. The third kappa shape index (κ3) is 3.72. The van der Waals surface area contributed by atoms with Crippen LogP contribution < -0.4 is 5.32 Å². The zero-order valence-electron chi connectivity index (χ0n) is 17.0. The van der Waals surface area contributed by atoms with Crippen molar-refractivity contribution >= 4 is 23.2 Å². The van der Waals surface area contributed by atoms with Gasteiger partial charge in [-0.2, -0.15) is 0 Å². The zero-order valence-corrected chi connectivity index (χ0v) is 17.7. The average molecular weight is 417 g/mol. The number of nitrogens with zero attached hydrogens (tertiary/aromatic N) is 3. The van der Waals surface area contributed by atoms with E-state index in [-0.39, 0.29) is 11.7 Å². The highest BCUT2D eigenvalue weighted by Gasteiger charge is 2.20. The van der Waals surface area contributed by atoms with Crippen LogP contribution in [0.4, 0.5) is 5.69 Å². The highest BCUT2D eigenvalue weighted by atomic mass is 35.5. The number of anilines is 1. The number of rotatable bonds is 4. The van der Waals surface area contributed by atoms with E-state index in [1.54, 1.807) is 4.68 Å². The van der Waals surface area contributed by atoms with Gasteiger partial charge in [0.25, 0.3) is 5.91 Å². The summed E-state index contributed by atoms with van der Waals surface area (Å²) in [5, 5.41) is 8.10. The molecule has 150 valence electrons. The smallest absolute Gasteiger partial charge is 0.295 e. The number of halogens is 1. The van der Waals surface area contributed by atoms with Crippen LogP contribution in [0.15, 0.2) is 66.7 Å². The quantitative estimate of drug-likeness (QED) is 0.459. The van der Waals surface area contributed by atoms with E-state index in [2.05, 4.69) is 15.4 Å². The SMILES string of the molecule is Cc1cccc(NC(=O)c2nc(-c3ccccc3)n(-c3cccc(Cl)c3C)n2)c1C. The fourth-order valence-electron chi connectivity index (χ4n) is 3.24. The highest BCUT2D eigenvalue weighted by molar-refractivity contribution is 6.31. The Labute approximate surface area is 180 Å². The van der Waals surface area contributed by atoms with Crippen molar-refractivity contribution in [1.29, 1.82) is 0 Å². The second-order valence-electron chi connectivity index (χ2n) is 7.12. The van der Waals surface area contributed by atoms with Crippen LogP contribution in [-0.4, -0.2) is 20.7 Å². The van der Waals surface area contributed by atoms with E-state index in [0.29, 0.717) is 10.8 Å². The first-order valence-electron chi connectivity index (χ1n) is 9.61. The molecule has 1 N–H and O–H groups in total. The highest BCUT2D eigenvalue weighted by Crippen LogP contribution is 2.27. The fraction of sp³-hybridized carbons (Fsp3) is 0.125. The summed E-state index contributed by atoms with van der Waals surface area (Å²) in [7, 11) is 0. The van der Waals surface area contributed by atoms with Crippen LogP contribution in [0.25, 0.3) is 17.1 Å². The largest absolute Gasteiger partial charge is 0.319 e. The number of aryl methyl sites for hydroxylation is 1. The zero-order chi connectivity index (χ0) is 21.3. The van der Waals surface area contributed by atoms with Crippen LogP contribution in [-0.2, 0) is 0 Å². The first kappa shape index (κ1) is 19.9. The van der Waals surface area contributed by atoms with Crippen molar-refractivity contribution in [3.63, 3.8) is 0 Å². The van der Waals surface area contributed by atoms with Gasteiger partial charge in [-0.3, -0.25) is 4.79 Å². The summed E-state index contributed by atoms with van der Waals surface area (Å²) in [6, 6.07) is 21.0. The van der Waals surface area contributed by atoms with Gasteiger partial charge >= 0.3 is 0 Å². The molecule has 4 aromatic rings. The lowest BCUT2D eigenvalue weighted by Crippen LogP contribution is -2.15. The van der Waals surface area contributed by atoms with Crippen molar-refractivity contribution in [2.24, 2.45) is 0 Å². The molecule has 0 unspecified atom stereocenters. The summed E-state index contributed by atoms with van der Waals surface area (Å²) in [5.41, 5.74) is 5.36. The van der Waals surface area contributed by atoms with Gasteiger partial charge in [-0.05, 0) is 55.7 Å². The van der Waals surface area contributed by atoms with Crippen molar-refractivity contribution in [3.05, 3.63) is 94.3 Å². The first-order chi connectivity index (χ1) is 14.5. The summed E-state index contributed by atoms with van der Waals surface area (Å²) in [6.07, 6.45) is 0. The molecule has 0 radical (unpaired) electrons. The molecule has 0 atom stereocenters. The maximum Gasteiger partial charge on any atom is 0.295 e. The van der Waals surface area contributed by atoms with E-state index >= 15 is 0 Å². The van der Waals surface area contributed by atoms with Gasteiger partial charge in [0.2, 0.25) is 5.82 Å². The Balaban J connectivity index is 1.80. The van der Waals surface area contributed by atoms with Gasteiger partial charge in [-0.15, -0.1) is 5.10 Å². The predicted molar refractivity (Wildman–Crippen MR) is 120 cm³/mol. The van der Waals surface area contributed by atoms with Crippen molar-refractivity contribution in [1.82, 2.24) is 14.8 Å². The topological polar surface area (TPSA) is 59.8 Å². The van der Waals surface area contributed by atoms with E-state index in [1.165, 1.54) is 0 Å². The normalized spacial score (nSPS) is 10.8. The summed E-state index contributed by atoms with van der Waals surface area (Å²) in [5.74, 6) is 0.306. The van der Waals surface area contributed by atoms with Crippen LogP contribution >= 0.6 is 11.6 Å². The van der Waals surface area contributed by atoms with Crippen molar-refractivity contribution in [3.8, 4) is 17.1 Å². The molecule has 0 spiro atoms. The van der Waals surface area contributed by atoms with E-state index in [4.69, 9.17) is 11.6 Å². The van der Waals surface area contributed by atoms with Gasteiger partial charge in [0.05, 0.1) is 5.69 Å². The molecule has 0 aliphatic heterocycles. The van der Waals surface area contributed by atoms with E-state index in [0.717, 1.165) is 33.6 Å². The Kier molecular flexibility index (Phi) is 5.38. The van der Waals surface area contributed by atoms with E-state index < -0.39 is 0 Å². The van der Waals surface area contributed by atoms with Crippen LogP contribution in [0.2, 0.25) is 5.02 Å². The van der Waals surface area contributed by atoms with Crippen molar-refractivity contribution in [2.75, 3.05) is 5.32 Å². The van der Waals surface area contributed by atoms with Gasteiger partial charge in [0.1, 0.15) is 0 Å². The third-order valence-electron chi connectivity index (χ3n) is 5.16. The van der Waals surface area contributed by atoms with Gasteiger partial charge in [-0.25, -0.2) is 9.67 Å². The van der Waals surface area contributed by atoms with Crippen LogP contribution in [0.5, 0.6) is 0 Å². The van der Waals surface area contributed by atoms with Crippen molar-refractivity contribution < 1.29 is 4.79 Å². The first-order valence-corrected chi connectivity index (χ1v) is 9.99. The molecule has 0 saturated heterocycles. The monoisotopic (exact) mass is 416 g/mol. The molecule has 30 heavy (non-hydrogen) atoms. The van der Waals surface area contributed by atoms with Gasteiger partial charge < -0.3 is 5.32 Å². The standard InChI is InChI=1S/C24H21ClN4O/c1-15-9-7-13-20(16(15)2)26-24(30)22-27-23(18-10-5-4-6-11-18)29(28-22)21-14-8-12-19(25)17(21)3/h4-14H,1-3H3,(H,26,30). The Bertz CT molecular complexity index is 1230. The Morgan fingerprint density at radius 1 is 0.900 bits per heavy atom. The number of amides is 1. The molecule has 1 aromatic heterocycles. The molecule has 4 rings (SSSR count). The second kappa shape index (κ2) is 8.13. The van der Waals surface area contributed by atoms with Gasteiger partial charge in [-0.1, -0.05) is 60.1 Å². The van der Waals surface area contributed by atoms with Crippen molar-refractivity contribution in [2.45, 2.75) is 20.8 Å². The van der Waals surface area contributed by atoms with Gasteiger partial charge in [0, 0.05) is 16.3 Å². The fourth-order valence-corrected chi connectivity index (χ4v) is 3.41. The Hall–Kier alpha value is -3.44. The molecule has 5 nitrogen and oxygen atoms in total. The number of carbonyl (C=O) groups excluding carboxylic acids is 1. The molecule has 3 aromatic carbocycles. The number of hydrogen-bond donors (Lipinski definition) is 1. The number of carbonyl (C=O) groups is 1. The second-order valence-corrected chi connectivity index (χ2v) is 7.53. The Morgan fingerprint density at radius 3 is 2.40 bits per heavy atom. The maximum absolute atomic E-state index is 13.0. The minimum absolute atomic E-state index is 0.0918. The number of hydrogen-bond acceptors (Lipinski definition) is 3. The van der Waals surface area contributed by atoms with Crippen LogP contribution in [0, 0.1) is 20.8 Å². The lowest BCUT2D eigenvalue weighted by Gasteiger charge is -2.10. The maximum atomic E-state index is 13.0. The molecule has 0 fully saturated rings. The summed E-state index contributed by atoms with van der Waals surface area (Å²) < 4.78 is 1.68. The predicted octanol–water partition coefficient (Wildman–Crippen LogP) is 5.77. The lowest BCUT2D eigenvalue weighted by molar-refractivity contribution is 0.101. The molecule has 1 amide bonds. The summed E-state index contributed by atoms with van der Waals surface area (Å²) in [6.45, 7) is 5.90. The van der Waals surface area contributed by atoms with E-state index in [1.807, 2.05) is 87.5 Å². The minimum atomic E-state index is -0.362. The molecular weight excluding hydrogens is 396 g/mol. The molecule has 0 saturated carbocycles. The third-order valence-corrected chi connectivity index (χ3v) is 5.57. The van der Waals surface area contributed by atoms with E-state index in [9.17, 15) is 4.79 Å². The molecule has 0 aliphatic carbocycles. The van der Waals surface area contributed by atoms with Crippen LogP contribution in [0.3, 0.4) is 0 Å². The Morgan fingerprint density at radius 2 is 1.63 bits per heavy atom. The molecule has 0 aliphatic rings.